The molecule has 25 heavy (non-hydrogen) atoms. The Bertz CT molecular complexity index is 852. The summed E-state index contributed by atoms with van der Waals surface area (Å²) in [5.74, 6) is 0. The minimum absolute atomic E-state index is 0.165. The molecule has 0 radical (unpaired) electrons. The predicted molar refractivity (Wildman–Crippen MR) is 90.5 cm³/mol. The summed E-state index contributed by atoms with van der Waals surface area (Å²) in [6, 6.07) is 14.5. The molecule has 0 bridgehead atoms. The Balaban J connectivity index is 1.84. The van der Waals surface area contributed by atoms with Gasteiger partial charge in [0.2, 0.25) is 0 Å². The number of hydrogen-bond donors (Lipinski definition) is 0. The highest BCUT2D eigenvalue weighted by atomic mass is 32.2. The van der Waals surface area contributed by atoms with Crippen molar-refractivity contribution in [1.82, 2.24) is 4.90 Å². The molecule has 7 heteroatoms. The summed E-state index contributed by atoms with van der Waals surface area (Å²) >= 11 is 0. The van der Waals surface area contributed by atoms with E-state index in [-0.39, 0.29) is 11.4 Å². The van der Waals surface area contributed by atoms with E-state index in [1.165, 1.54) is 17.0 Å². The number of halogens is 1. The maximum atomic E-state index is 13.7. The molecule has 2 atom stereocenters. The third-order valence-corrected chi connectivity index (χ3v) is 5.33. The minimum Gasteiger partial charge on any atom is -0.439 e. The van der Waals surface area contributed by atoms with Crippen molar-refractivity contribution in [3.63, 3.8) is 0 Å². The van der Waals surface area contributed by atoms with Crippen LogP contribution in [0.3, 0.4) is 0 Å². The van der Waals surface area contributed by atoms with Gasteiger partial charge in [-0.2, -0.15) is 0 Å². The van der Waals surface area contributed by atoms with Gasteiger partial charge in [0.25, 0.3) is 0 Å². The van der Waals surface area contributed by atoms with Gasteiger partial charge in [-0.25, -0.2) is 17.6 Å². The standard InChI is InChI=1S/C18H18FNO4S/c1-25(22,23)15-9-7-14(8-10-15)17-16(11-19)20(18(21)24-17)12-13-5-3-2-4-6-13/h2-10,16-17H,11-12H2,1H3/t16-,17-/m1/s1. The molecule has 0 spiro atoms. The van der Waals surface area contributed by atoms with Gasteiger partial charge in [0.15, 0.2) is 15.9 Å². The molecule has 1 aliphatic heterocycles. The average Bonchev–Trinajstić information content (AvgIpc) is 2.91. The first-order chi connectivity index (χ1) is 11.9. The van der Waals surface area contributed by atoms with E-state index in [1.54, 1.807) is 12.1 Å². The fourth-order valence-corrected chi connectivity index (χ4v) is 3.51. The number of carbonyl (C=O) groups excluding carboxylic acids is 1. The van der Waals surface area contributed by atoms with E-state index >= 15 is 0 Å². The quantitative estimate of drug-likeness (QED) is 0.819. The molecule has 3 rings (SSSR count). The molecule has 0 saturated carbocycles. The molecule has 1 saturated heterocycles. The van der Waals surface area contributed by atoms with Crippen LogP contribution in [0.5, 0.6) is 0 Å². The van der Waals surface area contributed by atoms with Crippen LogP contribution in [0.2, 0.25) is 0 Å². The van der Waals surface area contributed by atoms with Gasteiger partial charge in [-0.3, -0.25) is 4.90 Å². The summed E-state index contributed by atoms with van der Waals surface area (Å²) in [5.41, 5.74) is 1.45. The number of rotatable bonds is 5. The van der Waals surface area contributed by atoms with Crippen LogP contribution >= 0.6 is 0 Å². The summed E-state index contributed by atoms with van der Waals surface area (Å²) < 4.78 is 42.1. The lowest BCUT2D eigenvalue weighted by atomic mass is 10.0. The van der Waals surface area contributed by atoms with E-state index < -0.39 is 34.8 Å². The molecule has 0 aliphatic carbocycles. The van der Waals surface area contributed by atoms with E-state index in [4.69, 9.17) is 4.74 Å². The molecule has 0 aromatic heterocycles. The lowest BCUT2D eigenvalue weighted by molar-refractivity contribution is 0.127. The van der Waals surface area contributed by atoms with Crippen molar-refractivity contribution < 1.29 is 22.3 Å². The van der Waals surface area contributed by atoms with Crippen LogP contribution in [0.25, 0.3) is 0 Å². The molecule has 1 aliphatic rings. The lowest BCUT2D eigenvalue weighted by Gasteiger charge is -2.22. The normalized spacial score (nSPS) is 20.6. The summed E-state index contributed by atoms with van der Waals surface area (Å²) in [6.45, 7) is -0.497. The molecule has 5 nitrogen and oxygen atoms in total. The largest absolute Gasteiger partial charge is 0.439 e. The van der Waals surface area contributed by atoms with Crippen LogP contribution in [0, 0.1) is 0 Å². The van der Waals surface area contributed by atoms with E-state index in [0.717, 1.165) is 11.8 Å². The molecule has 2 aromatic carbocycles. The third-order valence-electron chi connectivity index (χ3n) is 4.20. The number of benzene rings is 2. The van der Waals surface area contributed by atoms with Crippen LogP contribution in [-0.4, -0.2) is 38.4 Å². The van der Waals surface area contributed by atoms with E-state index in [9.17, 15) is 17.6 Å². The van der Waals surface area contributed by atoms with Crippen LogP contribution in [0.15, 0.2) is 59.5 Å². The van der Waals surface area contributed by atoms with Crippen LogP contribution in [-0.2, 0) is 21.1 Å². The zero-order valence-electron chi connectivity index (χ0n) is 13.6. The molecule has 1 fully saturated rings. The second-order valence-corrected chi connectivity index (χ2v) is 8.00. The number of nitrogens with zero attached hydrogens (tertiary/aromatic N) is 1. The number of carbonyl (C=O) groups is 1. The first-order valence-corrected chi connectivity index (χ1v) is 9.66. The molecule has 1 heterocycles. The fourth-order valence-electron chi connectivity index (χ4n) is 2.87. The van der Waals surface area contributed by atoms with Crippen molar-refractivity contribution in [3.05, 3.63) is 65.7 Å². The van der Waals surface area contributed by atoms with Gasteiger partial charge in [0.1, 0.15) is 12.7 Å². The van der Waals surface area contributed by atoms with Gasteiger partial charge in [-0.05, 0) is 23.3 Å². The van der Waals surface area contributed by atoms with Crippen molar-refractivity contribution in [1.29, 1.82) is 0 Å². The second kappa shape index (κ2) is 6.84. The van der Waals surface area contributed by atoms with Crippen LogP contribution in [0.1, 0.15) is 17.2 Å². The zero-order valence-corrected chi connectivity index (χ0v) is 14.4. The SMILES string of the molecule is CS(=O)(=O)c1ccc([C@H]2OC(=O)N(Cc3ccccc3)[C@@H]2CF)cc1. The predicted octanol–water partition coefficient (Wildman–Crippen LogP) is 3.12. The fraction of sp³-hybridized carbons (Fsp3) is 0.278. The maximum absolute atomic E-state index is 13.7. The Hall–Kier alpha value is -2.41. The molecular formula is C18H18FNO4S. The smallest absolute Gasteiger partial charge is 0.411 e. The number of alkyl halides is 1. The Morgan fingerprint density at radius 1 is 1.08 bits per heavy atom. The van der Waals surface area contributed by atoms with Crippen molar-refractivity contribution in [2.24, 2.45) is 0 Å². The average molecular weight is 363 g/mol. The van der Waals surface area contributed by atoms with Crippen molar-refractivity contribution in [3.8, 4) is 0 Å². The molecule has 0 unspecified atom stereocenters. The lowest BCUT2D eigenvalue weighted by Crippen LogP contribution is -2.35. The van der Waals surface area contributed by atoms with E-state index in [1.807, 2.05) is 30.3 Å². The molecule has 1 amide bonds. The summed E-state index contributed by atoms with van der Waals surface area (Å²) in [6.07, 6.45) is -0.234. The molecule has 132 valence electrons. The third kappa shape index (κ3) is 3.66. The molecule has 0 N–H and O–H groups in total. The number of ether oxygens (including phenoxy) is 1. The Morgan fingerprint density at radius 3 is 2.28 bits per heavy atom. The monoisotopic (exact) mass is 363 g/mol. The first-order valence-electron chi connectivity index (χ1n) is 7.77. The van der Waals surface area contributed by atoms with Gasteiger partial charge < -0.3 is 4.74 Å². The van der Waals surface area contributed by atoms with Gasteiger partial charge in [0, 0.05) is 12.8 Å². The van der Waals surface area contributed by atoms with Gasteiger partial charge in [0.05, 0.1) is 4.90 Å². The van der Waals surface area contributed by atoms with Crippen LogP contribution in [0.4, 0.5) is 9.18 Å². The van der Waals surface area contributed by atoms with Gasteiger partial charge >= 0.3 is 6.09 Å². The highest BCUT2D eigenvalue weighted by Gasteiger charge is 2.42. The summed E-state index contributed by atoms with van der Waals surface area (Å²) in [5, 5.41) is 0. The highest BCUT2D eigenvalue weighted by Crippen LogP contribution is 2.34. The van der Waals surface area contributed by atoms with Gasteiger partial charge in [-0.1, -0.05) is 42.5 Å². The van der Waals surface area contributed by atoms with Crippen LogP contribution < -0.4 is 0 Å². The van der Waals surface area contributed by atoms with E-state index in [0.29, 0.717) is 5.56 Å². The number of cyclic esters (lactones) is 1. The van der Waals surface area contributed by atoms with Crippen molar-refractivity contribution >= 4 is 15.9 Å². The molecular weight excluding hydrogens is 345 g/mol. The number of hydrogen-bond acceptors (Lipinski definition) is 4. The Morgan fingerprint density at radius 2 is 1.72 bits per heavy atom. The van der Waals surface area contributed by atoms with E-state index in [2.05, 4.69) is 0 Å². The maximum Gasteiger partial charge on any atom is 0.411 e. The molecule has 2 aromatic rings. The zero-order chi connectivity index (χ0) is 18.0. The topological polar surface area (TPSA) is 63.7 Å². The van der Waals surface area contributed by atoms with Gasteiger partial charge in [-0.15, -0.1) is 0 Å². The second-order valence-electron chi connectivity index (χ2n) is 5.98. The summed E-state index contributed by atoms with van der Waals surface area (Å²) in [7, 11) is -3.32. The highest BCUT2D eigenvalue weighted by molar-refractivity contribution is 7.90. The van der Waals surface area contributed by atoms with Crippen molar-refractivity contribution in [2.45, 2.75) is 23.6 Å². The first kappa shape index (κ1) is 17.4. The number of amides is 1. The Kier molecular flexibility index (Phi) is 4.76. The minimum atomic E-state index is -3.32. The van der Waals surface area contributed by atoms with Crippen molar-refractivity contribution in [2.75, 3.05) is 12.9 Å². The number of sulfone groups is 1. The summed E-state index contributed by atoms with van der Waals surface area (Å²) in [4.78, 5) is 13.7. The Labute approximate surface area is 145 Å².